The zero-order chi connectivity index (χ0) is 15.4. The Morgan fingerprint density at radius 2 is 2.14 bits per heavy atom. The third kappa shape index (κ3) is 3.76. The fourth-order valence-electron chi connectivity index (χ4n) is 2.71. The molecule has 2 unspecified atom stereocenters. The van der Waals surface area contributed by atoms with Gasteiger partial charge in [0.2, 0.25) is 0 Å². The zero-order valence-electron chi connectivity index (χ0n) is 13.0. The van der Waals surface area contributed by atoms with Crippen LogP contribution in [0, 0.1) is 18.6 Å². The van der Waals surface area contributed by atoms with E-state index in [9.17, 15) is 8.78 Å². The fourth-order valence-corrected chi connectivity index (χ4v) is 3.98. The first-order valence-electron chi connectivity index (χ1n) is 7.52. The number of thioether (sulfide) groups is 1. The first-order valence-corrected chi connectivity index (χ1v) is 8.67. The summed E-state index contributed by atoms with van der Waals surface area (Å²) in [7, 11) is 2.06. The Morgan fingerprint density at radius 1 is 1.38 bits per heavy atom. The quantitative estimate of drug-likeness (QED) is 0.897. The van der Waals surface area contributed by atoms with Crippen LogP contribution in [0.4, 0.5) is 8.78 Å². The van der Waals surface area contributed by atoms with Crippen molar-refractivity contribution in [2.24, 2.45) is 0 Å². The molecule has 1 saturated heterocycles. The maximum atomic E-state index is 14.4. The standard InChI is InChI=1S/C16H24F2N2S/c1-4-7-19-16(13-10-21-9-8-20(13)3)12-6-5-11(2)14(17)15(12)18/h5-6,13,16,19H,4,7-10H2,1-3H3. The van der Waals surface area contributed by atoms with Crippen molar-refractivity contribution < 1.29 is 8.78 Å². The van der Waals surface area contributed by atoms with Crippen LogP contribution in [0.2, 0.25) is 0 Å². The summed E-state index contributed by atoms with van der Waals surface area (Å²) in [4.78, 5) is 2.25. The normalized spacial score (nSPS) is 21.5. The number of hydrogen-bond acceptors (Lipinski definition) is 3. The average molecular weight is 314 g/mol. The Labute approximate surface area is 130 Å². The summed E-state index contributed by atoms with van der Waals surface area (Å²) in [5.74, 6) is 0.611. The van der Waals surface area contributed by atoms with Crippen LogP contribution in [0.5, 0.6) is 0 Å². The van der Waals surface area contributed by atoms with Crippen molar-refractivity contribution in [1.29, 1.82) is 0 Å². The van der Waals surface area contributed by atoms with Crippen LogP contribution in [0.1, 0.15) is 30.5 Å². The second-order valence-corrected chi connectivity index (χ2v) is 6.80. The third-order valence-corrected chi connectivity index (χ3v) is 5.13. The molecule has 0 aliphatic carbocycles. The molecule has 5 heteroatoms. The van der Waals surface area contributed by atoms with Gasteiger partial charge in [-0.25, -0.2) is 8.78 Å². The van der Waals surface area contributed by atoms with Crippen molar-refractivity contribution >= 4 is 11.8 Å². The number of rotatable bonds is 5. The van der Waals surface area contributed by atoms with Gasteiger partial charge in [0.25, 0.3) is 0 Å². The van der Waals surface area contributed by atoms with Gasteiger partial charge in [0.05, 0.1) is 6.04 Å². The number of hydrogen-bond donors (Lipinski definition) is 1. The number of halogens is 2. The SMILES string of the molecule is CCCNC(c1ccc(C)c(F)c1F)C1CSCCN1C. The van der Waals surface area contributed by atoms with Gasteiger partial charge in [-0.2, -0.15) is 11.8 Å². The van der Waals surface area contributed by atoms with Crippen LogP contribution in [0.15, 0.2) is 12.1 Å². The van der Waals surface area contributed by atoms with Crippen molar-refractivity contribution in [3.63, 3.8) is 0 Å². The average Bonchev–Trinajstić information content (AvgIpc) is 2.48. The minimum Gasteiger partial charge on any atom is -0.309 e. The Bertz CT molecular complexity index is 482. The van der Waals surface area contributed by atoms with Gasteiger partial charge in [0.15, 0.2) is 11.6 Å². The first kappa shape index (κ1) is 16.7. The number of aryl methyl sites for hydroxylation is 1. The van der Waals surface area contributed by atoms with Crippen LogP contribution in [-0.2, 0) is 0 Å². The summed E-state index contributed by atoms with van der Waals surface area (Å²) in [6, 6.07) is 3.42. The Kier molecular flexibility index (Phi) is 6.02. The molecule has 1 aromatic rings. The van der Waals surface area contributed by atoms with E-state index in [1.807, 2.05) is 11.8 Å². The van der Waals surface area contributed by atoms with Crippen molar-refractivity contribution in [3.05, 3.63) is 34.9 Å². The van der Waals surface area contributed by atoms with Crippen molar-refractivity contribution in [1.82, 2.24) is 10.2 Å². The summed E-state index contributed by atoms with van der Waals surface area (Å²) in [5.41, 5.74) is 0.808. The van der Waals surface area contributed by atoms with Gasteiger partial charge in [-0.15, -0.1) is 0 Å². The predicted octanol–water partition coefficient (Wildman–Crippen LogP) is 3.36. The second-order valence-electron chi connectivity index (χ2n) is 5.65. The summed E-state index contributed by atoms with van der Waals surface area (Å²) >= 11 is 1.88. The van der Waals surface area contributed by atoms with Gasteiger partial charge >= 0.3 is 0 Å². The molecule has 0 saturated carbocycles. The highest BCUT2D eigenvalue weighted by molar-refractivity contribution is 7.99. The van der Waals surface area contributed by atoms with E-state index in [2.05, 4.69) is 24.2 Å². The van der Waals surface area contributed by atoms with Crippen LogP contribution in [0.3, 0.4) is 0 Å². The topological polar surface area (TPSA) is 15.3 Å². The molecule has 2 nitrogen and oxygen atoms in total. The number of nitrogens with one attached hydrogen (secondary N) is 1. The lowest BCUT2D eigenvalue weighted by Crippen LogP contribution is -2.48. The summed E-state index contributed by atoms with van der Waals surface area (Å²) < 4.78 is 28.3. The van der Waals surface area contributed by atoms with E-state index in [4.69, 9.17) is 0 Å². The van der Waals surface area contributed by atoms with E-state index < -0.39 is 11.6 Å². The molecule has 118 valence electrons. The highest BCUT2D eigenvalue weighted by Crippen LogP contribution is 2.30. The molecular weight excluding hydrogens is 290 g/mol. The van der Waals surface area contributed by atoms with Gasteiger partial charge in [-0.1, -0.05) is 19.1 Å². The smallest absolute Gasteiger partial charge is 0.163 e. The first-order chi connectivity index (χ1) is 10.1. The lowest BCUT2D eigenvalue weighted by Gasteiger charge is -2.38. The molecule has 0 aromatic heterocycles. The number of benzene rings is 1. The molecule has 0 amide bonds. The Hall–Kier alpha value is -0.650. The molecule has 1 aromatic carbocycles. The minimum absolute atomic E-state index is 0.169. The summed E-state index contributed by atoms with van der Waals surface area (Å²) in [6.45, 7) is 5.46. The van der Waals surface area contributed by atoms with E-state index in [0.29, 0.717) is 11.1 Å². The Balaban J connectivity index is 2.33. The molecule has 2 atom stereocenters. The van der Waals surface area contributed by atoms with Crippen molar-refractivity contribution in [2.45, 2.75) is 32.4 Å². The molecule has 1 aliphatic rings. The lowest BCUT2D eigenvalue weighted by atomic mass is 9.97. The molecule has 1 aliphatic heterocycles. The molecule has 0 spiro atoms. The van der Waals surface area contributed by atoms with Crippen LogP contribution < -0.4 is 5.32 Å². The van der Waals surface area contributed by atoms with Crippen molar-refractivity contribution in [2.75, 3.05) is 31.6 Å². The lowest BCUT2D eigenvalue weighted by molar-refractivity contribution is 0.212. The van der Waals surface area contributed by atoms with Gasteiger partial charge in [0.1, 0.15) is 0 Å². The fraction of sp³-hybridized carbons (Fsp3) is 0.625. The molecular formula is C16H24F2N2S. The molecule has 1 heterocycles. The third-order valence-electron chi connectivity index (χ3n) is 4.08. The second kappa shape index (κ2) is 7.56. The summed E-state index contributed by atoms with van der Waals surface area (Å²) in [5, 5.41) is 3.41. The summed E-state index contributed by atoms with van der Waals surface area (Å²) in [6.07, 6.45) is 0.968. The van der Waals surface area contributed by atoms with Crippen LogP contribution in [-0.4, -0.2) is 42.6 Å². The highest BCUT2D eigenvalue weighted by Gasteiger charge is 2.31. The van der Waals surface area contributed by atoms with Gasteiger partial charge < -0.3 is 5.32 Å². The van der Waals surface area contributed by atoms with Gasteiger partial charge in [0, 0.05) is 29.7 Å². The monoisotopic (exact) mass is 314 g/mol. The van der Waals surface area contributed by atoms with E-state index in [-0.39, 0.29) is 12.1 Å². The maximum absolute atomic E-state index is 14.4. The molecule has 1 N–H and O–H groups in total. The highest BCUT2D eigenvalue weighted by atomic mass is 32.2. The predicted molar refractivity (Wildman–Crippen MR) is 85.9 cm³/mol. The van der Waals surface area contributed by atoms with Crippen molar-refractivity contribution in [3.8, 4) is 0 Å². The molecule has 0 bridgehead atoms. The van der Waals surface area contributed by atoms with E-state index >= 15 is 0 Å². The molecule has 21 heavy (non-hydrogen) atoms. The number of nitrogens with zero attached hydrogens (tertiary/aromatic N) is 1. The van der Waals surface area contributed by atoms with Crippen LogP contribution >= 0.6 is 11.8 Å². The number of likely N-dealkylation sites (N-methyl/N-ethyl adjacent to an activating group) is 1. The zero-order valence-corrected chi connectivity index (χ0v) is 13.8. The van der Waals surface area contributed by atoms with Crippen LogP contribution in [0.25, 0.3) is 0 Å². The minimum atomic E-state index is -0.720. The maximum Gasteiger partial charge on any atom is 0.163 e. The largest absolute Gasteiger partial charge is 0.309 e. The Morgan fingerprint density at radius 3 is 2.81 bits per heavy atom. The van der Waals surface area contributed by atoms with E-state index in [0.717, 1.165) is 31.0 Å². The van der Waals surface area contributed by atoms with Gasteiger partial charge in [-0.05, 0) is 32.5 Å². The molecule has 0 radical (unpaired) electrons. The van der Waals surface area contributed by atoms with E-state index in [1.54, 1.807) is 19.1 Å². The molecule has 1 fully saturated rings. The van der Waals surface area contributed by atoms with Gasteiger partial charge in [-0.3, -0.25) is 4.90 Å². The van der Waals surface area contributed by atoms with E-state index in [1.165, 1.54) is 0 Å². The molecule has 2 rings (SSSR count).